The Morgan fingerprint density at radius 1 is 1.42 bits per heavy atom. The van der Waals surface area contributed by atoms with Crippen LogP contribution in [-0.2, 0) is 14.3 Å². The summed E-state index contributed by atoms with van der Waals surface area (Å²) in [7, 11) is 1.90. The first-order chi connectivity index (χ1) is 11.4. The average molecular weight is 333 g/mol. The van der Waals surface area contributed by atoms with Gasteiger partial charge in [-0.25, -0.2) is 0 Å². The summed E-state index contributed by atoms with van der Waals surface area (Å²) in [6, 6.07) is 7.25. The maximum absolute atomic E-state index is 12.8. The molecule has 0 spiro atoms. The number of carbonyl (C=O) groups excluding carboxylic acids is 2. The fourth-order valence-corrected chi connectivity index (χ4v) is 2.80. The topological polar surface area (TPSA) is 61.9 Å². The molecule has 0 saturated carbocycles. The minimum atomic E-state index is -0.179. The zero-order chi connectivity index (χ0) is 17.7. The Kier molecular flexibility index (Phi) is 6.34. The number of fused-ring (bicyclic) bond motifs is 1. The number of para-hydroxylation sites is 2. The molecule has 132 valence electrons. The molecule has 6 heteroatoms. The summed E-state index contributed by atoms with van der Waals surface area (Å²) in [6.45, 7) is 7.45. The average Bonchev–Trinajstić information content (AvgIpc) is 2.60. The van der Waals surface area contributed by atoms with Crippen LogP contribution >= 0.6 is 0 Å². The standard InChI is InChI=1S/C18H27N3O3/c1-13(2)24-10-9-20(4)12-18(23)21-14(3)11-17(22)19-15-7-5-6-8-16(15)21/h5-8,13-14H,9-12H2,1-4H3,(H,19,22)/t14-/m0/s1. The maximum Gasteiger partial charge on any atom is 0.241 e. The Hall–Kier alpha value is -1.92. The molecule has 0 saturated heterocycles. The van der Waals surface area contributed by atoms with E-state index in [0.717, 1.165) is 5.69 Å². The Balaban J connectivity index is 2.08. The minimum absolute atomic E-state index is 0.0153. The molecule has 1 N–H and O–H groups in total. The van der Waals surface area contributed by atoms with Gasteiger partial charge in [-0.2, -0.15) is 0 Å². The van der Waals surface area contributed by atoms with E-state index in [1.807, 2.05) is 57.0 Å². The van der Waals surface area contributed by atoms with Crippen LogP contribution in [0.3, 0.4) is 0 Å². The number of hydrogen-bond donors (Lipinski definition) is 1. The lowest BCUT2D eigenvalue weighted by atomic mass is 10.1. The third kappa shape index (κ3) is 4.79. The molecule has 0 fully saturated rings. The third-order valence-electron chi connectivity index (χ3n) is 3.96. The Labute approximate surface area is 143 Å². The SMILES string of the molecule is CC(C)OCCN(C)CC(=O)N1c2ccccc2NC(=O)C[C@@H]1C. The number of nitrogens with zero attached hydrogens (tertiary/aromatic N) is 2. The zero-order valence-corrected chi connectivity index (χ0v) is 14.9. The molecule has 2 amide bonds. The van der Waals surface area contributed by atoms with Crippen molar-refractivity contribution in [3.63, 3.8) is 0 Å². The van der Waals surface area contributed by atoms with Gasteiger partial charge in [0.25, 0.3) is 0 Å². The number of carbonyl (C=O) groups is 2. The summed E-state index contributed by atoms with van der Waals surface area (Å²) >= 11 is 0. The van der Waals surface area contributed by atoms with Gasteiger partial charge in [0.1, 0.15) is 0 Å². The van der Waals surface area contributed by atoms with Crippen molar-refractivity contribution in [1.29, 1.82) is 0 Å². The van der Waals surface area contributed by atoms with E-state index in [1.165, 1.54) is 0 Å². The van der Waals surface area contributed by atoms with Crippen molar-refractivity contribution in [3.8, 4) is 0 Å². The monoisotopic (exact) mass is 333 g/mol. The van der Waals surface area contributed by atoms with Crippen LogP contribution in [0, 0.1) is 0 Å². The van der Waals surface area contributed by atoms with Crippen LogP contribution in [0.15, 0.2) is 24.3 Å². The molecular weight excluding hydrogens is 306 g/mol. The number of benzene rings is 1. The normalized spacial score (nSPS) is 17.7. The molecular formula is C18H27N3O3. The van der Waals surface area contributed by atoms with E-state index in [-0.39, 0.29) is 30.5 Å². The van der Waals surface area contributed by atoms with Gasteiger partial charge in [0.05, 0.1) is 30.6 Å². The molecule has 0 unspecified atom stereocenters. The number of amides is 2. The number of likely N-dealkylation sites (N-methyl/N-ethyl adjacent to an activating group) is 1. The van der Waals surface area contributed by atoms with Crippen LogP contribution in [0.2, 0.25) is 0 Å². The summed E-state index contributed by atoms with van der Waals surface area (Å²) < 4.78 is 5.53. The number of rotatable bonds is 6. The van der Waals surface area contributed by atoms with Crippen molar-refractivity contribution >= 4 is 23.2 Å². The highest BCUT2D eigenvalue weighted by molar-refractivity contribution is 6.04. The van der Waals surface area contributed by atoms with E-state index in [9.17, 15) is 9.59 Å². The van der Waals surface area contributed by atoms with Crippen molar-refractivity contribution < 1.29 is 14.3 Å². The van der Waals surface area contributed by atoms with Crippen LogP contribution in [0.25, 0.3) is 0 Å². The number of hydrogen-bond acceptors (Lipinski definition) is 4. The number of ether oxygens (including phenoxy) is 1. The second-order valence-electron chi connectivity index (χ2n) is 6.54. The van der Waals surface area contributed by atoms with E-state index >= 15 is 0 Å². The lowest BCUT2D eigenvalue weighted by molar-refractivity contribution is -0.120. The Bertz CT molecular complexity index is 589. The molecule has 1 aliphatic heterocycles. The fourth-order valence-electron chi connectivity index (χ4n) is 2.80. The molecule has 1 aliphatic rings. The van der Waals surface area contributed by atoms with Crippen molar-refractivity contribution in [3.05, 3.63) is 24.3 Å². The molecule has 1 aromatic rings. The molecule has 0 aromatic heterocycles. The zero-order valence-electron chi connectivity index (χ0n) is 14.9. The molecule has 2 rings (SSSR count). The van der Waals surface area contributed by atoms with Gasteiger partial charge in [-0.3, -0.25) is 14.5 Å². The Morgan fingerprint density at radius 2 is 2.12 bits per heavy atom. The molecule has 1 heterocycles. The van der Waals surface area contributed by atoms with E-state index in [1.54, 1.807) is 4.90 Å². The predicted octanol–water partition coefficient (Wildman–Crippen LogP) is 2.11. The highest BCUT2D eigenvalue weighted by Gasteiger charge is 2.29. The minimum Gasteiger partial charge on any atom is -0.377 e. The van der Waals surface area contributed by atoms with E-state index in [2.05, 4.69) is 5.32 Å². The first-order valence-corrected chi connectivity index (χ1v) is 8.39. The van der Waals surface area contributed by atoms with Gasteiger partial charge in [-0.05, 0) is 40.0 Å². The summed E-state index contributed by atoms with van der Waals surface area (Å²) in [5.41, 5.74) is 1.44. The smallest absolute Gasteiger partial charge is 0.241 e. The largest absolute Gasteiger partial charge is 0.377 e. The second kappa shape index (κ2) is 8.26. The molecule has 6 nitrogen and oxygen atoms in total. The molecule has 0 aliphatic carbocycles. The quantitative estimate of drug-likeness (QED) is 0.866. The fraction of sp³-hybridized carbons (Fsp3) is 0.556. The van der Waals surface area contributed by atoms with Gasteiger partial charge in [0, 0.05) is 19.0 Å². The van der Waals surface area contributed by atoms with Gasteiger partial charge >= 0.3 is 0 Å². The predicted molar refractivity (Wildman–Crippen MR) is 95.2 cm³/mol. The van der Waals surface area contributed by atoms with E-state index in [0.29, 0.717) is 25.3 Å². The van der Waals surface area contributed by atoms with Crippen LogP contribution in [0.1, 0.15) is 27.2 Å². The highest BCUT2D eigenvalue weighted by atomic mass is 16.5. The maximum atomic E-state index is 12.8. The van der Waals surface area contributed by atoms with Gasteiger partial charge in [0.15, 0.2) is 0 Å². The molecule has 1 aromatic carbocycles. The van der Waals surface area contributed by atoms with Gasteiger partial charge in [-0.1, -0.05) is 12.1 Å². The van der Waals surface area contributed by atoms with E-state index in [4.69, 9.17) is 4.74 Å². The summed E-state index contributed by atoms with van der Waals surface area (Å²) in [5, 5.41) is 2.87. The molecule has 1 atom stereocenters. The number of anilines is 2. The van der Waals surface area contributed by atoms with E-state index < -0.39 is 0 Å². The molecule has 0 radical (unpaired) electrons. The lowest BCUT2D eigenvalue weighted by Gasteiger charge is -2.29. The number of nitrogens with one attached hydrogen (secondary N) is 1. The lowest BCUT2D eigenvalue weighted by Crippen LogP contribution is -2.44. The van der Waals surface area contributed by atoms with Gasteiger partial charge < -0.3 is 15.0 Å². The highest BCUT2D eigenvalue weighted by Crippen LogP contribution is 2.31. The van der Waals surface area contributed by atoms with Crippen molar-refractivity contribution in [1.82, 2.24) is 4.90 Å². The third-order valence-corrected chi connectivity index (χ3v) is 3.96. The van der Waals surface area contributed by atoms with Crippen LogP contribution in [0.5, 0.6) is 0 Å². The Morgan fingerprint density at radius 3 is 2.83 bits per heavy atom. The van der Waals surface area contributed by atoms with Crippen LogP contribution < -0.4 is 10.2 Å². The second-order valence-corrected chi connectivity index (χ2v) is 6.54. The molecule has 24 heavy (non-hydrogen) atoms. The summed E-state index contributed by atoms with van der Waals surface area (Å²) in [5.74, 6) is -0.0811. The van der Waals surface area contributed by atoms with Gasteiger partial charge in [-0.15, -0.1) is 0 Å². The van der Waals surface area contributed by atoms with Crippen molar-refractivity contribution in [2.75, 3.05) is 37.0 Å². The van der Waals surface area contributed by atoms with Crippen LogP contribution in [-0.4, -0.2) is 55.6 Å². The summed E-state index contributed by atoms with van der Waals surface area (Å²) in [6.07, 6.45) is 0.476. The van der Waals surface area contributed by atoms with Crippen molar-refractivity contribution in [2.45, 2.75) is 39.3 Å². The summed E-state index contributed by atoms with van der Waals surface area (Å²) in [4.78, 5) is 28.5. The van der Waals surface area contributed by atoms with Crippen molar-refractivity contribution in [2.24, 2.45) is 0 Å². The molecule has 0 bridgehead atoms. The first kappa shape index (κ1) is 18.4. The van der Waals surface area contributed by atoms with Crippen LogP contribution in [0.4, 0.5) is 11.4 Å². The first-order valence-electron chi connectivity index (χ1n) is 8.39. The van der Waals surface area contributed by atoms with Gasteiger partial charge in [0.2, 0.25) is 11.8 Å².